The summed E-state index contributed by atoms with van der Waals surface area (Å²) < 4.78 is 28.3. The van der Waals surface area contributed by atoms with E-state index in [0.29, 0.717) is 12.1 Å². The van der Waals surface area contributed by atoms with Crippen molar-refractivity contribution in [1.82, 2.24) is 15.1 Å². The Morgan fingerprint density at radius 1 is 1.20 bits per heavy atom. The van der Waals surface area contributed by atoms with Crippen molar-refractivity contribution in [3.05, 3.63) is 53.4 Å². The molecule has 2 aromatic rings. The Morgan fingerprint density at radius 3 is 2.65 bits per heavy atom. The highest BCUT2D eigenvalue weighted by Crippen LogP contribution is 2.11. The minimum atomic E-state index is -0.442. The van der Waals surface area contributed by atoms with E-state index in [1.54, 1.807) is 10.9 Å². The third-order valence-corrected chi connectivity index (χ3v) is 2.84. The van der Waals surface area contributed by atoms with Crippen molar-refractivity contribution in [3.8, 4) is 0 Å². The zero-order chi connectivity index (χ0) is 14.8. The van der Waals surface area contributed by atoms with Crippen molar-refractivity contribution in [2.75, 3.05) is 0 Å². The van der Waals surface area contributed by atoms with Crippen LogP contribution in [0.3, 0.4) is 0 Å². The van der Waals surface area contributed by atoms with Gasteiger partial charge < -0.3 is 5.32 Å². The monoisotopic (exact) mass is 279 g/mol. The standard InChI is InChI=1S/C15H19F2N3/c1-15(2,3)18-9-13-6-7-20(19-13)10-11-8-12(16)4-5-14(11)17/h4-8,18H,9-10H2,1-3H3. The summed E-state index contributed by atoms with van der Waals surface area (Å²) in [5.41, 5.74) is 1.18. The van der Waals surface area contributed by atoms with Gasteiger partial charge in [-0.3, -0.25) is 4.68 Å². The molecular formula is C15H19F2N3. The van der Waals surface area contributed by atoms with Crippen LogP contribution in [0.15, 0.2) is 30.5 Å². The molecule has 5 heteroatoms. The van der Waals surface area contributed by atoms with Crippen molar-refractivity contribution in [2.45, 2.75) is 39.4 Å². The van der Waals surface area contributed by atoms with Gasteiger partial charge in [-0.25, -0.2) is 8.78 Å². The maximum atomic E-state index is 13.5. The number of aromatic nitrogens is 2. The zero-order valence-electron chi connectivity index (χ0n) is 12.0. The summed E-state index contributed by atoms with van der Waals surface area (Å²) in [6, 6.07) is 5.32. The smallest absolute Gasteiger partial charge is 0.128 e. The SMILES string of the molecule is CC(C)(C)NCc1ccn(Cc2cc(F)ccc2F)n1. The molecule has 0 aliphatic heterocycles. The molecule has 0 radical (unpaired) electrons. The largest absolute Gasteiger partial charge is 0.306 e. The van der Waals surface area contributed by atoms with Crippen LogP contribution in [0.4, 0.5) is 8.78 Å². The van der Waals surface area contributed by atoms with E-state index < -0.39 is 11.6 Å². The Morgan fingerprint density at radius 2 is 1.95 bits per heavy atom. The van der Waals surface area contributed by atoms with Crippen LogP contribution in [-0.4, -0.2) is 15.3 Å². The molecule has 0 fully saturated rings. The Bertz CT molecular complexity index is 585. The lowest BCUT2D eigenvalue weighted by atomic mass is 10.1. The summed E-state index contributed by atoms with van der Waals surface area (Å²) in [7, 11) is 0. The predicted molar refractivity (Wildman–Crippen MR) is 74.3 cm³/mol. The quantitative estimate of drug-likeness (QED) is 0.932. The third kappa shape index (κ3) is 4.13. The molecule has 0 aliphatic carbocycles. The summed E-state index contributed by atoms with van der Waals surface area (Å²) in [5, 5.41) is 7.67. The van der Waals surface area contributed by atoms with Gasteiger partial charge in [-0.2, -0.15) is 5.10 Å². The average Bonchev–Trinajstić information content (AvgIpc) is 2.78. The maximum absolute atomic E-state index is 13.5. The van der Waals surface area contributed by atoms with E-state index in [-0.39, 0.29) is 12.1 Å². The average molecular weight is 279 g/mol. The van der Waals surface area contributed by atoms with Gasteiger partial charge in [0, 0.05) is 23.8 Å². The van der Waals surface area contributed by atoms with E-state index in [1.165, 1.54) is 6.07 Å². The topological polar surface area (TPSA) is 29.9 Å². The molecule has 1 heterocycles. The second-order valence-electron chi connectivity index (χ2n) is 5.84. The predicted octanol–water partition coefficient (Wildman–Crippen LogP) is 3.10. The molecule has 0 saturated carbocycles. The van der Waals surface area contributed by atoms with Crippen LogP contribution in [0.25, 0.3) is 0 Å². The van der Waals surface area contributed by atoms with Gasteiger partial charge in [0.2, 0.25) is 0 Å². The van der Waals surface area contributed by atoms with E-state index in [1.807, 2.05) is 6.07 Å². The van der Waals surface area contributed by atoms with Crippen LogP contribution in [0.5, 0.6) is 0 Å². The van der Waals surface area contributed by atoms with Crippen molar-refractivity contribution in [3.63, 3.8) is 0 Å². The van der Waals surface area contributed by atoms with Crippen molar-refractivity contribution in [1.29, 1.82) is 0 Å². The molecule has 3 nitrogen and oxygen atoms in total. The Balaban J connectivity index is 2.04. The molecule has 0 saturated heterocycles. The lowest BCUT2D eigenvalue weighted by molar-refractivity contribution is 0.419. The number of hydrogen-bond donors (Lipinski definition) is 1. The first kappa shape index (κ1) is 14.7. The Hall–Kier alpha value is -1.75. The number of nitrogens with zero attached hydrogens (tertiary/aromatic N) is 2. The van der Waals surface area contributed by atoms with Gasteiger partial charge in [-0.15, -0.1) is 0 Å². The number of nitrogens with one attached hydrogen (secondary N) is 1. The van der Waals surface area contributed by atoms with E-state index >= 15 is 0 Å². The van der Waals surface area contributed by atoms with E-state index in [9.17, 15) is 8.78 Å². The summed E-state index contributed by atoms with van der Waals surface area (Å²) in [6.45, 7) is 7.09. The van der Waals surface area contributed by atoms with Crippen molar-refractivity contribution >= 4 is 0 Å². The summed E-state index contributed by atoms with van der Waals surface area (Å²) in [6.07, 6.45) is 1.77. The summed E-state index contributed by atoms with van der Waals surface area (Å²) >= 11 is 0. The molecule has 20 heavy (non-hydrogen) atoms. The molecule has 2 rings (SSSR count). The number of benzene rings is 1. The molecule has 1 aromatic carbocycles. The van der Waals surface area contributed by atoms with E-state index in [4.69, 9.17) is 0 Å². The number of rotatable bonds is 4. The van der Waals surface area contributed by atoms with Crippen LogP contribution in [0.2, 0.25) is 0 Å². The molecule has 0 aliphatic rings. The van der Waals surface area contributed by atoms with Crippen molar-refractivity contribution < 1.29 is 8.78 Å². The van der Waals surface area contributed by atoms with Crippen LogP contribution >= 0.6 is 0 Å². The third-order valence-electron chi connectivity index (χ3n) is 2.84. The molecular weight excluding hydrogens is 260 g/mol. The summed E-state index contributed by atoms with van der Waals surface area (Å²) in [5.74, 6) is -0.862. The van der Waals surface area contributed by atoms with Gasteiger partial charge in [-0.05, 0) is 45.0 Å². The zero-order valence-corrected chi connectivity index (χ0v) is 12.0. The Labute approximate surface area is 117 Å². The fraction of sp³-hybridized carbons (Fsp3) is 0.400. The first-order valence-corrected chi connectivity index (χ1v) is 6.55. The van der Waals surface area contributed by atoms with Crippen LogP contribution < -0.4 is 5.32 Å². The molecule has 0 bridgehead atoms. The van der Waals surface area contributed by atoms with Gasteiger partial charge in [0.05, 0.1) is 12.2 Å². The number of hydrogen-bond acceptors (Lipinski definition) is 2. The van der Waals surface area contributed by atoms with E-state index in [0.717, 1.165) is 17.8 Å². The molecule has 1 aromatic heterocycles. The van der Waals surface area contributed by atoms with Gasteiger partial charge in [0.15, 0.2) is 0 Å². The van der Waals surface area contributed by atoms with Gasteiger partial charge in [-0.1, -0.05) is 0 Å². The van der Waals surface area contributed by atoms with E-state index in [2.05, 4.69) is 31.2 Å². The number of halogens is 2. The second-order valence-corrected chi connectivity index (χ2v) is 5.84. The Kier molecular flexibility index (Phi) is 4.18. The fourth-order valence-electron chi connectivity index (χ4n) is 1.78. The van der Waals surface area contributed by atoms with Gasteiger partial charge in [0.25, 0.3) is 0 Å². The van der Waals surface area contributed by atoms with Crippen LogP contribution in [0, 0.1) is 11.6 Å². The first-order chi connectivity index (χ1) is 9.33. The van der Waals surface area contributed by atoms with Gasteiger partial charge >= 0.3 is 0 Å². The maximum Gasteiger partial charge on any atom is 0.128 e. The normalized spacial score (nSPS) is 11.8. The second kappa shape index (κ2) is 5.71. The molecule has 0 atom stereocenters. The van der Waals surface area contributed by atoms with Crippen molar-refractivity contribution in [2.24, 2.45) is 0 Å². The highest BCUT2D eigenvalue weighted by atomic mass is 19.1. The molecule has 108 valence electrons. The molecule has 0 amide bonds. The fourth-order valence-corrected chi connectivity index (χ4v) is 1.78. The highest BCUT2D eigenvalue weighted by molar-refractivity contribution is 5.19. The first-order valence-electron chi connectivity index (χ1n) is 6.55. The molecule has 1 N–H and O–H groups in total. The lowest BCUT2D eigenvalue weighted by Crippen LogP contribution is -2.35. The minimum Gasteiger partial charge on any atom is -0.306 e. The highest BCUT2D eigenvalue weighted by Gasteiger charge is 2.10. The van der Waals surface area contributed by atoms with Crippen LogP contribution in [0.1, 0.15) is 32.0 Å². The van der Waals surface area contributed by atoms with Gasteiger partial charge in [0.1, 0.15) is 11.6 Å². The lowest BCUT2D eigenvalue weighted by Gasteiger charge is -2.19. The molecule has 0 spiro atoms. The molecule has 0 unspecified atom stereocenters. The van der Waals surface area contributed by atoms with Crippen LogP contribution in [-0.2, 0) is 13.1 Å². The summed E-state index contributed by atoms with van der Waals surface area (Å²) in [4.78, 5) is 0. The minimum absolute atomic E-state index is 0.0123.